The first kappa shape index (κ1) is 18.4. The molecule has 1 aromatic carbocycles. The topological polar surface area (TPSA) is 63.0 Å². The number of nitrogen functional groups attached to an aromatic ring is 1. The van der Waals surface area contributed by atoms with Crippen molar-refractivity contribution in [1.29, 1.82) is 0 Å². The molecule has 1 unspecified atom stereocenters. The van der Waals surface area contributed by atoms with Gasteiger partial charge in [0.1, 0.15) is 11.6 Å². The number of hydrogen-bond donors (Lipinski definition) is 3. The average molecular weight is 330 g/mol. The molecule has 0 radical (unpaired) electrons. The molecular formula is C19H27FN4. The SMILES string of the molecule is CCNCC(NC)c1cc(F)cc(CCc2cc(C)cc(N)n2)c1. The molecule has 1 heterocycles. The van der Waals surface area contributed by atoms with Crippen molar-refractivity contribution in [1.82, 2.24) is 15.6 Å². The third-order valence-electron chi connectivity index (χ3n) is 4.04. The molecule has 5 heteroatoms. The fourth-order valence-electron chi connectivity index (χ4n) is 2.86. The molecule has 2 rings (SSSR count). The zero-order chi connectivity index (χ0) is 17.5. The van der Waals surface area contributed by atoms with Crippen molar-refractivity contribution in [2.75, 3.05) is 25.9 Å². The van der Waals surface area contributed by atoms with Crippen LogP contribution in [0.25, 0.3) is 0 Å². The number of pyridine rings is 1. The maximum Gasteiger partial charge on any atom is 0.123 e. The van der Waals surface area contributed by atoms with Gasteiger partial charge in [-0.2, -0.15) is 0 Å². The van der Waals surface area contributed by atoms with Gasteiger partial charge in [-0.1, -0.05) is 13.0 Å². The van der Waals surface area contributed by atoms with E-state index in [2.05, 4.69) is 28.6 Å². The number of benzene rings is 1. The van der Waals surface area contributed by atoms with Gasteiger partial charge in [-0.25, -0.2) is 9.37 Å². The van der Waals surface area contributed by atoms with Crippen LogP contribution in [0.4, 0.5) is 10.2 Å². The van der Waals surface area contributed by atoms with Gasteiger partial charge >= 0.3 is 0 Å². The lowest BCUT2D eigenvalue weighted by atomic mass is 10.00. The summed E-state index contributed by atoms with van der Waals surface area (Å²) in [7, 11) is 1.89. The van der Waals surface area contributed by atoms with E-state index in [0.29, 0.717) is 5.82 Å². The van der Waals surface area contributed by atoms with Gasteiger partial charge < -0.3 is 16.4 Å². The molecule has 4 nitrogen and oxygen atoms in total. The zero-order valence-corrected chi connectivity index (χ0v) is 14.7. The van der Waals surface area contributed by atoms with Crippen LogP contribution in [0.15, 0.2) is 30.3 Å². The first-order chi connectivity index (χ1) is 11.5. The van der Waals surface area contributed by atoms with E-state index in [-0.39, 0.29) is 11.9 Å². The van der Waals surface area contributed by atoms with Gasteiger partial charge in [0.25, 0.3) is 0 Å². The fraction of sp³-hybridized carbons (Fsp3) is 0.421. The van der Waals surface area contributed by atoms with Crippen LogP contribution in [0, 0.1) is 12.7 Å². The van der Waals surface area contributed by atoms with Gasteiger partial charge in [-0.3, -0.25) is 0 Å². The van der Waals surface area contributed by atoms with Crippen LogP contribution in [0.2, 0.25) is 0 Å². The monoisotopic (exact) mass is 330 g/mol. The van der Waals surface area contributed by atoms with Crippen LogP contribution in [-0.2, 0) is 12.8 Å². The molecule has 1 aromatic heterocycles. The number of aryl methyl sites for hydroxylation is 3. The molecule has 0 saturated heterocycles. The number of nitrogens with zero attached hydrogens (tertiary/aromatic N) is 1. The van der Waals surface area contributed by atoms with E-state index in [9.17, 15) is 4.39 Å². The van der Waals surface area contributed by atoms with Gasteiger partial charge in [0.15, 0.2) is 0 Å². The van der Waals surface area contributed by atoms with Crippen molar-refractivity contribution < 1.29 is 4.39 Å². The lowest BCUT2D eigenvalue weighted by Gasteiger charge is -2.18. The summed E-state index contributed by atoms with van der Waals surface area (Å²) in [6.07, 6.45) is 1.48. The van der Waals surface area contributed by atoms with E-state index in [0.717, 1.165) is 48.3 Å². The number of rotatable bonds is 8. The van der Waals surface area contributed by atoms with Crippen molar-refractivity contribution in [3.8, 4) is 0 Å². The van der Waals surface area contributed by atoms with Gasteiger partial charge in [-0.05, 0) is 74.3 Å². The Kier molecular flexibility index (Phi) is 6.70. The van der Waals surface area contributed by atoms with Crippen molar-refractivity contribution in [2.45, 2.75) is 32.7 Å². The fourth-order valence-corrected chi connectivity index (χ4v) is 2.86. The van der Waals surface area contributed by atoms with E-state index in [1.165, 1.54) is 0 Å². The van der Waals surface area contributed by atoms with Gasteiger partial charge in [0.2, 0.25) is 0 Å². The molecule has 0 aliphatic rings. The molecule has 24 heavy (non-hydrogen) atoms. The van der Waals surface area contributed by atoms with E-state index in [1.54, 1.807) is 12.1 Å². The third-order valence-corrected chi connectivity index (χ3v) is 4.04. The Labute approximate surface area is 143 Å². The quantitative estimate of drug-likeness (QED) is 0.696. The molecule has 130 valence electrons. The van der Waals surface area contributed by atoms with Crippen LogP contribution >= 0.6 is 0 Å². The summed E-state index contributed by atoms with van der Waals surface area (Å²) in [4.78, 5) is 4.35. The van der Waals surface area contributed by atoms with Crippen molar-refractivity contribution in [3.05, 3.63) is 58.5 Å². The summed E-state index contributed by atoms with van der Waals surface area (Å²) in [6.45, 7) is 5.72. The number of aromatic nitrogens is 1. The van der Waals surface area contributed by atoms with Crippen LogP contribution in [-0.4, -0.2) is 25.1 Å². The lowest BCUT2D eigenvalue weighted by molar-refractivity contribution is 0.532. The minimum Gasteiger partial charge on any atom is -0.384 e. The summed E-state index contributed by atoms with van der Waals surface area (Å²) in [5, 5.41) is 6.54. The Morgan fingerprint density at radius 2 is 1.96 bits per heavy atom. The molecule has 1 atom stereocenters. The molecular weight excluding hydrogens is 303 g/mol. The summed E-state index contributed by atoms with van der Waals surface area (Å²) in [5.41, 5.74) is 9.77. The largest absolute Gasteiger partial charge is 0.384 e. The van der Waals surface area contributed by atoms with Gasteiger partial charge in [-0.15, -0.1) is 0 Å². The summed E-state index contributed by atoms with van der Waals surface area (Å²) >= 11 is 0. The molecule has 0 saturated carbocycles. The Hall–Kier alpha value is -1.98. The molecule has 4 N–H and O–H groups in total. The van der Waals surface area contributed by atoms with E-state index < -0.39 is 0 Å². The first-order valence-corrected chi connectivity index (χ1v) is 8.42. The number of halogens is 1. The Morgan fingerprint density at radius 3 is 2.62 bits per heavy atom. The standard InChI is InChI=1S/C19H27FN4/c1-4-23-12-18(22-3)15-9-14(10-16(20)11-15)5-6-17-7-13(2)8-19(21)24-17/h7-11,18,22-23H,4-6,12H2,1-3H3,(H2,21,24). The molecule has 0 aliphatic heterocycles. The second-order valence-electron chi connectivity index (χ2n) is 6.10. The summed E-state index contributed by atoms with van der Waals surface area (Å²) in [5.74, 6) is 0.335. The average Bonchev–Trinajstić information content (AvgIpc) is 2.52. The van der Waals surface area contributed by atoms with Gasteiger partial charge in [0, 0.05) is 18.3 Å². The maximum absolute atomic E-state index is 14.0. The number of hydrogen-bond acceptors (Lipinski definition) is 4. The normalized spacial score (nSPS) is 12.3. The lowest BCUT2D eigenvalue weighted by Crippen LogP contribution is -2.29. The predicted molar refractivity (Wildman–Crippen MR) is 97.5 cm³/mol. The Morgan fingerprint density at radius 1 is 1.17 bits per heavy atom. The van der Waals surface area contributed by atoms with Crippen LogP contribution in [0.1, 0.15) is 35.3 Å². The second kappa shape index (κ2) is 8.76. The van der Waals surface area contributed by atoms with Crippen molar-refractivity contribution in [2.24, 2.45) is 0 Å². The predicted octanol–water partition coefficient (Wildman–Crippen LogP) is 2.77. The smallest absolute Gasteiger partial charge is 0.123 e. The van der Waals surface area contributed by atoms with Crippen molar-refractivity contribution in [3.63, 3.8) is 0 Å². The Bertz CT molecular complexity index is 652. The number of likely N-dealkylation sites (N-methyl/N-ethyl adjacent to an activating group) is 2. The third kappa shape index (κ3) is 5.28. The molecule has 0 spiro atoms. The van der Waals surface area contributed by atoms with E-state index in [1.807, 2.05) is 26.1 Å². The number of anilines is 1. The number of nitrogens with one attached hydrogen (secondary N) is 2. The Balaban J connectivity index is 2.12. The highest BCUT2D eigenvalue weighted by Crippen LogP contribution is 2.18. The van der Waals surface area contributed by atoms with E-state index >= 15 is 0 Å². The molecule has 2 aromatic rings. The highest BCUT2D eigenvalue weighted by Gasteiger charge is 2.11. The van der Waals surface area contributed by atoms with Crippen LogP contribution < -0.4 is 16.4 Å². The van der Waals surface area contributed by atoms with Crippen LogP contribution in [0.5, 0.6) is 0 Å². The molecule has 0 fully saturated rings. The van der Waals surface area contributed by atoms with Crippen LogP contribution in [0.3, 0.4) is 0 Å². The highest BCUT2D eigenvalue weighted by atomic mass is 19.1. The van der Waals surface area contributed by atoms with Crippen molar-refractivity contribution >= 4 is 5.82 Å². The minimum atomic E-state index is -0.198. The first-order valence-electron chi connectivity index (χ1n) is 8.42. The number of nitrogens with two attached hydrogens (primary N) is 1. The molecule has 0 aliphatic carbocycles. The zero-order valence-electron chi connectivity index (χ0n) is 14.7. The molecule has 0 amide bonds. The summed E-state index contributed by atoms with van der Waals surface area (Å²) < 4.78 is 14.0. The van der Waals surface area contributed by atoms with E-state index in [4.69, 9.17) is 5.73 Å². The highest BCUT2D eigenvalue weighted by molar-refractivity contribution is 5.35. The summed E-state index contributed by atoms with van der Waals surface area (Å²) in [6, 6.07) is 9.24. The van der Waals surface area contributed by atoms with Gasteiger partial charge in [0.05, 0.1) is 0 Å². The second-order valence-corrected chi connectivity index (χ2v) is 6.10. The maximum atomic E-state index is 14.0. The minimum absolute atomic E-state index is 0.0899. The molecule has 0 bridgehead atoms.